The van der Waals surface area contributed by atoms with Gasteiger partial charge in [-0.05, 0) is 45.3 Å². The number of hydrogen-bond donors (Lipinski definition) is 2. The highest BCUT2D eigenvalue weighted by atomic mass is 16.2. The van der Waals surface area contributed by atoms with E-state index in [1.54, 1.807) is 0 Å². The summed E-state index contributed by atoms with van der Waals surface area (Å²) in [5, 5.41) is 6.02. The number of carbonyl (C=O) groups is 2. The summed E-state index contributed by atoms with van der Waals surface area (Å²) in [7, 11) is 1.95. The van der Waals surface area contributed by atoms with Crippen molar-refractivity contribution in [3.05, 3.63) is 0 Å². The first-order valence-electron chi connectivity index (χ1n) is 7.10. The van der Waals surface area contributed by atoms with Crippen LogP contribution in [0.15, 0.2) is 0 Å². The van der Waals surface area contributed by atoms with Crippen molar-refractivity contribution in [2.75, 3.05) is 33.2 Å². The standard InChI is InChI=1S/C14H27N3O2/c1-10(2)14(11(3)18)16-13(19)9-17-6-5-12(8-17)7-15-4/h10,12,14-15H,5-9H2,1-4H3,(H,16,19). The van der Waals surface area contributed by atoms with Crippen LogP contribution < -0.4 is 10.6 Å². The van der Waals surface area contributed by atoms with Crippen LogP contribution in [0.25, 0.3) is 0 Å². The minimum Gasteiger partial charge on any atom is -0.345 e. The average Bonchev–Trinajstić information content (AvgIpc) is 2.73. The van der Waals surface area contributed by atoms with Gasteiger partial charge in [-0.15, -0.1) is 0 Å². The van der Waals surface area contributed by atoms with Crippen molar-refractivity contribution >= 4 is 11.7 Å². The molecular formula is C14H27N3O2. The van der Waals surface area contributed by atoms with Crippen LogP contribution in [0.2, 0.25) is 0 Å². The molecule has 0 aromatic rings. The van der Waals surface area contributed by atoms with Crippen LogP contribution in [0.3, 0.4) is 0 Å². The normalized spacial score (nSPS) is 21.6. The molecule has 0 saturated carbocycles. The minimum atomic E-state index is -0.358. The lowest BCUT2D eigenvalue weighted by atomic mass is 10.0. The Balaban J connectivity index is 2.37. The number of carbonyl (C=O) groups excluding carboxylic acids is 2. The number of likely N-dealkylation sites (tertiary alicyclic amines) is 1. The van der Waals surface area contributed by atoms with Crippen LogP contribution in [-0.2, 0) is 9.59 Å². The molecular weight excluding hydrogens is 242 g/mol. The molecule has 2 atom stereocenters. The molecule has 5 heteroatoms. The van der Waals surface area contributed by atoms with E-state index in [0.717, 1.165) is 26.1 Å². The Morgan fingerprint density at radius 1 is 1.37 bits per heavy atom. The summed E-state index contributed by atoms with van der Waals surface area (Å²) in [4.78, 5) is 25.6. The van der Waals surface area contributed by atoms with Gasteiger partial charge in [-0.3, -0.25) is 14.5 Å². The largest absolute Gasteiger partial charge is 0.345 e. The summed E-state index contributed by atoms with van der Waals surface area (Å²) < 4.78 is 0. The maximum absolute atomic E-state index is 12.0. The third kappa shape index (κ3) is 5.28. The molecule has 0 aromatic heterocycles. The molecule has 5 nitrogen and oxygen atoms in total. The Bertz CT molecular complexity index is 318. The van der Waals surface area contributed by atoms with E-state index in [-0.39, 0.29) is 23.7 Å². The number of nitrogens with one attached hydrogen (secondary N) is 2. The van der Waals surface area contributed by atoms with Gasteiger partial charge in [0, 0.05) is 6.54 Å². The molecule has 1 aliphatic rings. The summed E-state index contributed by atoms with van der Waals surface area (Å²) in [6.07, 6.45) is 1.13. The van der Waals surface area contributed by atoms with Crippen molar-refractivity contribution in [3.8, 4) is 0 Å². The summed E-state index contributed by atoms with van der Waals surface area (Å²) in [5.41, 5.74) is 0. The molecule has 0 bridgehead atoms. The number of rotatable bonds is 7. The van der Waals surface area contributed by atoms with Crippen molar-refractivity contribution < 1.29 is 9.59 Å². The van der Waals surface area contributed by atoms with Gasteiger partial charge in [0.05, 0.1) is 12.6 Å². The van der Waals surface area contributed by atoms with Crippen molar-refractivity contribution in [3.63, 3.8) is 0 Å². The zero-order chi connectivity index (χ0) is 14.4. The first-order chi connectivity index (χ1) is 8.93. The highest BCUT2D eigenvalue weighted by Gasteiger charge is 2.25. The average molecular weight is 269 g/mol. The lowest BCUT2D eigenvalue weighted by molar-refractivity contribution is -0.128. The van der Waals surface area contributed by atoms with Crippen LogP contribution in [0.4, 0.5) is 0 Å². The molecule has 1 rings (SSSR count). The number of Topliss-reactive ketones (excluding diaryl/α,β-unsaturated/α-hetero) is 1. The molecule has 1 saturated heterocycles. The third-order valence-electron chi connectivity index (χ3n) is 3.65. The molecule has 0 spiro atoms. The van der Waals surface area contributed by atoms with Crippen LogP contribution >= 0.6 is 0 Å². The smallest absolute Gasteiger partial charge is 0.234 e. The summed E-state index contributed by atoms with van der Waals surface area (Å²) in [5.74, 6) is 0.750. The Morgan fingerprint density at radius 2 is 2.05 bits per heavy atom. The molecule has 2 unspecified atom stereocenters. The monoisotopic (exact) mass is 269 g/mol. The van der Waals surface area contributed by atoms with E-state index in [1.165, 1.54) is 6.92 Å². The zero-order valence-electron chi connectivity index (χ0n) is 12.5. The molecule has 1 heterocycles. The van der Waals surface area contributed by atoms with Crippen LogP contribution in [0.1, 0.15) is 27.2 Å². The van der Waals surface area contributed by atoms with E-state index >= 15 is 0 Å². The first kappa shape index (κ1) is 16.1. The highest BCUT2D eigenvalue weighted by molar-refractivity contribution is 5.88. The van der Waals surface area contributed by atoms with Gasteiger partial charge < -0.3 is 10.6 Å². The first-order valence-corrected chi connectivity index (χ1v) is 7.10. The molecule has 1 aliphatic heterocycles. The van der Waals surface area contributed by atoms with E-state index in [4.69, 9.17) is 0 Å². The van der Waals surface area contributed by atoms with Crippen molar-refractivity contribution in [2.24, 2.45) is 11.8 Å². The number of amides is 1. The second-order valence-corrected chi connectivity index (χ2v) is 5.85. The van der Waals surface area contributed by atoms with Crippen molar-refractivity contribution in [1.82, 2.24) is 15.5 Å². The van der Waals surface area contributed by atoms with E-state index in [1.807, 2.05) is 20.9 Å². The lowest BCUT2D eigenvalue weighted by Gasteiger charge is -2.22. The van der Waals surface area contributed by atoms with Crippen molar-refractivity contribution in [2.45, 2.75) is 33.2 Å². The Hall–Kier alpha value is -0.940. The van der Waals surface area contributed by atoms with Crippen LogP contribution in [-0.4, -0.2) is 55.9 Å². The van der Waals surface area contributed by atoms with Gasteiger partial charge in [0.15, 0.2) is 5.78 Å². The van der Waals surface area contributed by atoms with E-state index < -0.39 is 0 Å². The predicted octanol–water partition coefficient (Wildman–Crippen LogP) is 0.258. The second-order valence-electron chi connectivity index (χ2n) is 5.85. The van der Waals surface area contributed by atoms with E-state index in [0.29, 0.717) is 12.5 Å². The second kappa shape index (κ2) is 7.60. The van der Waals surface area contributed by atoms with Gasteiger partial charge in [-0.1, -0.05) is 13.8 Å². The molecule has 1 fully saturated rings. The fourth-order valence-electron chi connectivity index (χ4n) is 2.67. The Kier molecular flexibility index (Phi) is 6.45. The van der Waals surface area contributed by atoms with Gasteiger partial charge in [-0.25, -0.2) is 0 Å². The maximum atomic E-state index is 12.0. The van der Waals surface area contributed by atoms with Gasteiger partial charge in [0.2, 0.25) is 5.91 Å². The fraction of sp³-hybridized carbons (Fsp3) is 0.857. The topological polar surface area (TPSA) is 61.4 Å². The van der Waals surface area contributed by atoms with Gasteiger partial charge in [-0.2, -0.15) is 0 Å². The van der Waals surface area contributed by atoms with Crippen LogP contribution in [0.5, 0.6) is 0 Å². The van der Waals surface area contributed by atoms with Crippen LogP contribution in [0, 0.1) is 11.8 Å². The van der Waals surface area contributed by atoms with Crippen molar-refractivity contribution in [1.29, 1.82) is 0 Å². The van der Waals surface area contributed by atoms with Gasteiger partial charge in [0.25, 0.3) is 0 Å². The Morgan fingerprint density at radius 3 is 2.58 bits per heavy atom. The van der Waals surface area contributed by atoms with E-state index in [2.05, 4.69) is 15.5 Å². The SMILES string of the molecule is CNCC1CCN(CC(=O)NC(C(C)=O)C(C)C)C1. The zero-order valence-corrected chi connectivity index (χ0v) is 12.5. The summed E-state index contributed by atoms with van der Waals surface area (Å²) in [6, 6.07) is -0.358. The van der Waals surface area contributed by atoms with Gasteiger partial charge in [0.1, 0.15) is 0 Å². The Labute approximate surface area is 116 Å². The lowest BCUT2D eigenvalue weighted by Crippen LogP contribution is -2.47. The predicted molar refractivity (Wildman–Crippen MR) is 75.9 cm³/mol. The molecule has 0 aliphatic carbocycles. The summed E-state index contributed by atoms with van der Waals surface area (Å²) in [6.45, 7) is 8.75. The fourth-order valence-corrected chi connectivity index (χ4v) is 2.67. The number of hydrogen-bond acceptors (Lipinski definition) is 4. The molecule has 1 amide bonds. The molecule has 0 radical (unpaired) electrons. The molecule has 2 N–H and O–H groups in total. The highest BCUT2D eigenvalue weighted by Crippen LogP contribution is 2.14. The summed E-state index contributed by atoms with van der Waals surface area (Å²) >= 11 is 0. The number of ketones is 1. The molecule has 19 heavy (non-hydrogen) atoms. The quantitative estimate of drug-likeness (QED) is 0.696. The maximum Gasteiger partial charge on any atom is 0.234 e. The van der Waals surface area contributed by atoms with Gasteiger partial charge >= 0.3 is 0 Å². The minimum absolute atomic E-state index is 0.0258. The molecule has 0 aromatic carbocycles. The van der Waals surface area contributed by atoms with E-state index in [9.17, 15) is 9.59 Å². The third-order valence-corrected chi connectivity index (χ3v) is 3.65. The molecule has 110 valence electrons. The number of nitrogens with zero attached hydrogens (tertiary/aromatic N) is 1.